The predicted octanol–water partition coefficient (Wildman–Crippen LogP) is 2.61. The Bertz CT molecular complexity index is 766. The summed E-state index contributed by atoms with van der Waals surface area (Å²) in [5.74, 6) is 0.404. The van der Waals surface area contributed by atoms with Crippen LogP contribution in [0.2, 0.25) is 0 Å². The molecule has 148 valence electrons. The van der Waals surface area contributed by atoms with E-state index >= 15 is 0 Å². The summed E-state index contributed by atoms with van der Waals surface area (Å²) in [7, 11) is -3.60. The van der Waals surface area contributed by atoms with E-state index in [4.69, 9.17) is 4.74 Å². The van der Waals surface area contributed by atoms with Gasteiger partial charge in [-0.2, -0.15) is 4.31 Å². The van der Waals surface area contributed by atoms with E-state index in [2.05, 4.69) is 0 Å². The monoisotopic (exact) mass is 392 g/mol. The lowest BCUT2D eigenvalue weighted by atomic mass is 9.87. The summed E-state index contributed by atoms with van der Waals surface area (Å²) in [5.41, 5.74) is -0.808. The molecule has 1 aromatic carbocycles. The van der Waals surface area contributed by atoms with Gasteiger partial charge in [-0.1, -0.05) is 37.5 Å². The molecule has 2 heterocycles. The highest BCUT2D eigenvalue weighted by Gasteiger charge is 2.51. The minimum absolute atomic E-state index is 0.154. The van der Waals surface area contributed by atoms with Crippen LogP contribution in [-0.4, -0.2) is 55.5 Å². The molecule has 7 heteroatoms. The van der Waals surface area contributed by atoms with Gasteiger partial charge in [-0.25, -0.2) is 8.42 Å². The fourth-order valence-corrected chi connectivity index (χ4v) is 6.47. The number of carbonyl (C=O) groups is 1. The Kier molecular flexibility index (Phi) is 5.27. The largest absolute Gasteiger partial charge is 0.358 e. The molecule has 0 atom stereocenters. The normalized spacial score (nSPS) is 24.4. The number of amides is 1. The van der Waals surface area contributed by atoms with Gasteiger partial charge in [-0.15, -0.1) is 0 Å². The zero-order chi connectivity index (χ0) is 18.9. The number of likely N-dealkylation sites (tertiary alicyclic amines) is 1. The maximum absolute atomic E-state index is 13.1. The summed E-state index contributed by atoms with van der Waals surface area (Å²) >= 11 is 0. The Labute approximate surface area is 161 Å². The molecule has 4 rings (SSSR count). The first-order valence-electron chi connectivity index (χ1n) is 10.0. The Balaban J connectivity index is 1.47. The number of hydrogen-bond acceptors (Lipinski definition) is 4. The summed E-state index contributed by atoms with van der Waals surface area (Å²) in [4.78, 5) is 15.0. The third-order valence-electron chi connectivity index (χ3n) is 6.26. The number of piperidine rings is 1. The Morgan fingerprint density at radius 1 is 1.00 bits per heavy atom. The van der Waals surface area contributed by atoms with Crippen LogP contribution in [0.4, 0.5) is 0 Å². The van der Waals surface area contributed by atoms with Gasteiger partial charge in [0.25, 0.3) is 0 Å². The molecule has 0 aromatic heterocycles. The third kappa shape index (κ3) is 3.52. The number of nitrogens with zero attached hydrogens (tertiary/aromatic N) is 2. The van der Waals surface area contributed by atoms with Gasteiger partial charge in [0.2, 0.25) is 15.9 Å². The molecule has 2 aliphatic heterocycles. The van der Waals surface area contributed by atoms with Crippen molar-refractivity contribution < 1.29 is 17.9 Å². The molecule has 3 aliphatic rings. The van der Waals surface area contributed by atoms with Crippen molar-refractivity contribution in [3.05, 3.63) is 30.3 Å². The van der Waals surface area contributed by atoms with Gasteiger partial charge in [0, 0.05) is 38.4 Å². The molecular formula is C20H28N2O4S. The molecule has 2 saturated heterocycles. The second-order valence-corrected chi connectivity index (χ2v) is 9.71. The van der Waals surface area contributed by atoms with Crippen LogP contribution in [0.25, 0.3) is 0 Å². The van der Waals surface area contributed by atoms with Crippen LogP contribution in [0.3, 0.4) is 0 Å². The maximum Gasteiger partial charge on any atom is 0.245 e. The molecular weight excluding hydrogens is 364 g/mol. The van der Waals surface area contributed by atoms with E-state index in [0.29, 0.717) is 44.0 Å². The van der Waals surface area contributed by atoms with E-state index in [0.717, 1.165) is 25.7 Å². The molecule has 3 fully saturated rings. The fraction of sp³-hybridized carbons (Fsp3) is 0.650. The molecule has 0 unspecified atom stereocenters. The molecule has 1 aromatic rings. The highest BCUT2D eigenvalue weighted by atomic mass is 32.2. The summed E-state index contributed by atoms with van der Waals surface area (Å²) in [5, 5.41) is 0. The second kappa shape index (κ2) is 7.53. The van der Waals surface area contributed by atoms with Crippen LogP contribution in [0.1, 0.15) is 44.9 Å². The lowest BCUT2D eigenvalue weighted by Gasteiger charge is -2.43. The highest BCUT2D eigenvalue weighted by molar-refractivity contribution is 7.89. The van der Waals surface area contributed by atoms with Crippen molar-refractivity contribution in [1.82, 2.24) is 9.21 Å². The quantitative estimate of drug-likeness (QED) is 0.793. The SMILES string of the molecule is O=C(C1CCCCC1)N1CCC2(CC1)OCCN2S(=O)(=O)c1ccccc1. The summed E-state index contributed by atoms with van der Waals surface area (Å²) in [6.45, 7) is 1.91. The summed E-state index contributed by atoms with van der Waals surface area (Å²) < 4.78 is 33.8. The van der Waals surface area contributed by atoms with Gasteiger partial charge in [-0.05, 0) is 25.0 Å². The standard InChI is InChI=1S/C20H28N2O4S/c23-19(17-7-3-1-4-8-17)21-13-11-20(12-14-21)22(15-16-26-20)27(24,25)18-9-5-2-6-10-18/h2,5-6,9-10,17H,1,3-4,7-8,11-16H2. The molecule has 6 nitrogen and oxygen atoms in total. The van der Waals surface area contributed by atoms with Gasteiger partial charge >= 0.3 is 0 Å². The van der Waals surface area contributed by atoms with Crippen LogP contribution in [-0.2, 0) is 19.6 Å². The smallest absolute Gasteiger partial charge is 0.245 e. The average Bonchev–Trinajstić information content (AvgIpc) is 3.13. The summed E-state index contributed by atoms with van der Waals surface area (Å²) in [6, 6.07) is 8.54. The lowest BCUT2D eigenvalue weighted by Crippen LogP contribution is -2.56. The van der Waals surface area contributed by atoms with Crippen LogP contribution >= 0.6 is 0 Å². The first-order chi connectivity index (χ1) is 13.0. The van der Waals surface area contributed by atoms with Crippen LogP contribution < -0.4 is 0 Å². The molecule has 1 aliphatic carbocycles. The van der Waals surface area contributed by atoms with Crippen molar-refractivity contribution in [1.29, 1.82) is 0 Å². The first-order valence-corrected chi connectivity index (χ1v) is 11.5. The topological polar surface area (TPSA) is 66.9 Å². The average molecular weight is 393 g/mol. The Morgan fingerprint density at radius 2 is 1.67 bits per heavy atom. The molecule has 27 heavy (non-hydrogen) atoms. The second-order valence-electron chi connectivity index (χ2n) is 7.85. The Hall–Kier alpha value is -1.44. The number of ether oxygens (including phenoxy) is 1. The van der Waals surface area contributed by atoms with Gasteiger partial charge in [-0.3, -0.25) is 4.79 Å². The van der Waals surface area contributed by atoms with E-state index in [1.54, 1.807) is 24.3 Å². The molecule has 1 amide bonds. The summed E-state index contributed by atoms with van der Waals surface area (Å²) in [6.07, 6.45) is 6.57. The molecule has 0 radical (unpaired) electrons. The Morgan fingerprint density at radius 3 is 2.33 bits per heavy atom. The van der Waals surface area contributed by atoms with Crippen molar-refractivity contribution in [2.75, 3.05) is 26.2 Å². The molecule has 1 spiro atoms. The minimum Gasteiger partial charge on any atom is -0.358 e. The van der Waals surface area contributed by atoms with Crippen molar-refractivity contribution in [2.45, 2.75) is 55.6 Å². The fourth-order valence-electron chi connectivity index (χ4n) is 4.73. The van der Waals surface area contributed by atoms with E-state index in [9.17, 15) is 13.2 Å². The van der Waals surface area contributed by atoms with Gasteiger partial charge < -0.3 is 9.64 Å². The number of carbonyl (C=O) groups excluding carboxylic acids is 1. The maximum atomic E-state index is 13.1. The van der Waals surface area contributed by atoms with Crippen LogP contribution in [0.5, 0.6) is 0 Å². The zero-order valence-corrected chi connectivity index (χ0v) is 16.5. The number of sulfonamides is 1. The number of benzene rings is 1. The molecule has 1 saturated carbocycles. The molecule has 0 bridgehead atoms. The van der Waals surface area contributed by atoms with Crippen molar-refractivity contribution in [3.63, 3.8) is 0 Å². The number of hydrogen-bond donors (Lipinski definition) is 0. The number of rotatable bonds is 3. The van der Waals surface area contributed by atoms with E-state index in [1.807, 2.05) is 11.0 Å². The van der Waals surface area contributed by atoms with Crippen molar-refractivity contribution in [3.8, 4) is 0 Å². The van der Waals surface area contributed by atoms with E-state index in [1.165, 1.54) is 10.7 Å². The predicted molar refractivity (Wildman–Crippen MR) is 101 cm³/mol. The van der Waals surface area contributed by atoms with Crippen molar-refractivity contribution >= 4 is 15.9 Å². The van der Waals surface area contributed by atoms with Gasteiger partial charge in [0.1, 0.15) is 5.72 Å². The lowest BCUT2D eigenvalue weighted by molar-refractivity contribution is -0.145. The van der Waals surface area contributed by atoms with Crippen molar-refractivity contribution in [2.24, 2.45) is 5.92 Å². The highest BCUT2D eigenvalue weighted by Crippen LogP contribution is 2.39. The van der Waals surface area contributed by atoms with E-state index in [-0.39, 0.29) is 11.8 Å². The van der Waals surface area contributed by atoms with Gasteiger partial charge in [0.15, 0.2) is 0 Å². The third-order valence-corrected chi connectivity index (χ3v) is 8.23. The zero-order valence-electron chi connectivity index (χ0n) is 15.7. The van der Waals surface area contributed by atoms with E-state index < -0.39 is 15.7 Å². The van der Waals surface area contributed by atoms with Gasteiger partial charge in [0.05, 0.1) is 11.5 Å². The van der Waals surface area contributed by atoms with Crippen LogP contribution in [0.15, 0.2) is 35.2 Å². The molecule has 0 N–H and O–H groups in total. The van der Waals surface area contributed by atoms with Crippen LogP contribution in [0, 0.1) is 5.92 Å². The first kappa shape index (κ1) is 18.9. The minimum atomic E-state index is -3.60.